The third kappa shape index (κ3) is 4.37. The van der Waals surface area contributed by atoms with Crippen molar-refractivity contribution in [3.8, 4) is 0 Å². The highest BCUT2D eigenvalue weighted by atomic mass is 35.5. The summed E-state index contributed by atoms with van der Waals surface area (Å²) in [5.41, 5.74) is 1.58. The van der Waals surface area contributed by atoms with E-state index >= 15 is 0 Å². The predicted octanol–water partition coefficient (Wildman–Crippen LogP) is 3.40. The first-order chi connectivity index (χ1) is 13.3. The Hall–Kier alpha value is -1.96. The molecule has 0 saturated carbocycles. The van der Waals surface area contributed by atoms with Crippen LogP contribution in [-0.4, -0.2) is 54.7 Å². The lowest BCUT2D eigenvalue weighted by Gasteiger charge is -2.34. The van der Waals surface area contributed by atoms with E-state index in [1.807, 2.05) is 12.1 Å². The Morgan fingerprint density at radius 1 is 1.11 bits per heavy atom. The second-order valence-electron chi connectivity index (χ2n) is 6.94. The number of sulfonamides is 1. The van der Waals surface area contributed by atoms with Crippen molar-refractivity contribution >= 4 is 27.5 Å². The minimum atomic E-state index is -3.57. The van der Waals surface area contributed by atoms with Gasteiger partial charge in [0.25, 0.3) is 5.91 Å². The van der Waals surface area contributed by atoms with Gasteiger partial charge in [-0.25, -0.2) is 13.4 Å². The van der Waals surface area contributed by atoms with Gasteiger partial charge in [-0.1, -0.05) is 37.6 Å². The molecule has 1 aliphatic rings. The summed E-state index contributed by atoms with van der Waals surface area (Å²) in [5, 5.41) is 0.326. The van der Waals surface area contributed by atoms with E-state index in [1.165, 1.54) is 10.5 Å². The molecule has 0 N–H and O–H groups in total. The first-order valence-corrected chi connectivity index (χ1v) is 11.2. The molecular formula is C20H24ClN3O3S. The number of hydrogen-bond donors (Lipinski definition) is 0. The minimum Gasteiger partial charge on any atom is -0.336 e. The Labute approximate surface area is 171 Å². The van der Waals surface area contributed by atoms with Gasteiger partial charge < -0.3 is 4.90 Å². The van der Waals surface area contributed by atoms with Gasteiger partial charge in [-0.15, -0.1) is 0 Å². The molecule has 0 aliphatic carbocycles. The van der Waals surface area contributed by atoms with Crippen LogP contribution < -0.4 is 0 Å². The fourth-order valence-corrected chi connectivity index (χ4v) is 4.70. The molecule has 1 amide bonds. The van der Waals surface area contributed by atoms with Gasteiger partial charge in [0.05, 0.1) is 10.5 Å². The Bertz CT molecular complexity index is 922. The van der Waals surface area contributed by atoms with Crippen LogP contribution in [0.5, 0.6) is 0 Å². The maximum absolute atomic E-state index is 12.9. The highest BCUT2D eigenvalue weighted by molar-refractivity contribution is 7.89. The Morgan fingerprint density at radius 2 is 1.75 bits per heavy atom. The molecule has 1 aromatic carbocycles. The maximum atomic E-state index is 12.9. The topological polar surface area (TPSA) is 70.6 Å². The van der Waals surface area contributed by atoms with E-state index in [1.54, 1.807) is 29.2 Å². The lowest BCUT2D eigenvalue weighted by molar-refractivity contribution is 0.0697. The highest BCUT2D eigenvalue weighted by Gasteiger charge is 2.30. The summed E-state index contributed by atoms with van der Waals surface area (Å²) < 4.78 is 27.3. The molecule has 1 fully saturated rings. The zero-order valence-electron chi connectivity index (χ0n) is 16.0. The zero-order valence-corrected chi connectivity index (χ0v) is 17.6. The number of hydrogen-bond acceptors (Lipinski definition) is 4. The average molecular weight is 422 g/mol. The van der Waals surface area contributed by atoms with Crippen LogP contribution in [0.25, 0.3) is 0 Å². The van der Waals surface area contributed by atoms with Crippen LogP contribution in [0.3, 0.4) is 0 Å². The minimum absolute atomic E-state index is 0.167. The molecule has 3 rings (SSSR count). The van der Waals surface area contributed by atoms with Crippen LogP contribution in [0.4, 0.5) is 0 Å². The van der Waals surface area contributed by atoms with Crippen LogP contribution >= 0.6 is 11.6 Å². The quantitative estimate of drug-likeness (QED) is 0.694. The van der Waals surface area contributed by atoms with E-state index < -0.39 is 10.0 Å². The molecule has 0 unspecified atom stereocenters. The lowest BCUT2D eigenvalue weighted by atomic mass is 9.99. The average Bonchev–Trinajstić information content (AvgIpc) is 2.73. The Balaban J connectivity index is 1.66. The van der Waals surface area contributed by atoms with Crippen molar-refractivity contribution < 1.29 is 13.2 Å². The highest BCUT2D eigenvalue weighted by Crippen LogP contribution is 2.23. The van der Waals surface area contributed by atoms with E-state index in [0.29, 0.717) is 34.6 Å². The lowest BCUT2D eigenvalue weighted by Crippen LogP contribution is -2.50. The summed E-state index contributed by atoms with van der Waals surface area (Å²) in [6.07, 6.45) is 2.44. The summed E-state index contributed by atoms with van der Waals surface area (Å²) in [4.78, 5) is 18.4. The van der Waals surface area contributed by atoms with E-state index in [9.17, 15) is 13.2 Å². The van der Waals surface area contributed by atoms with Crippen molar-refractivity contribution in [2.75, 3.05) is 26.2 Å². The van der Waals surface area contributed by atoms with Gasteiger partial charge in [-0.05, 0) is 42.2 Å². The van der Waals surface area contributed by atoms with Gasteiger partial charge in [-0.3, -0.25) is 4.79 Å². The Morgan fingerprint density at radius 3 is 2.29 bits per heavy atom. The molecule has 150 valence electrons. The molecule has 8 heteroatoms. The van der Waals surface area contributed by atoms with Crippen molar-refractivity contribution in [1.82, 2.24) is 14.2 Å². The van der Waals surface area contributed by atoms with Crippen molar-refractivity contribution in [2.24, 2.45) is 0 Å². The molecule has 2 heterocycles. The summed E-state index contributed by atoms with van der Waals surface area (Å²) in [5.74, 6) is 0.229. The molecule has 0 bridgehead atoms. The summed E-state index contributed by atoms with van der Waals surface area (Å²) >= 11 is 5.76. The number of benzene rings is 1. The first kappa shape index (κ1) is 20.8. The van der Waals surface area contributed by atoms with Gasteiger partial charge in [0.2, 0.25) is 10.0 Å². The van der Waals surface area contributed by atoms with Crippen LogP contribution in [-0.2, 0) is 10.0 Å². The SMILES string of the molecule is CC[C@@H](C)c1ccc(S(=O)(=O)N2CCN(C(=O)c3ccc(Cl)nc3)CC2)cc1. The number of halogens is 1. The summed E-state index contributed by atoms with van der Waals surface area (Å²) in [7, 11) is -3.57. The zero-order chi connectivity index (χ0) is 20.3. The van der Waals surface area contributed by atoms with Crippen LogP contribution in [0.1, 0.15) is 42.1 Å². The van der Waals surface area contributed by atoms with E-state index in [4.69, 9.17) is 11.6 Å². The molecule has 1 saturated heterocycles. The Kier molecular flexibility index (Phi) is 6.37. The van der Waals surface area contributed by atoms with Gasteiger partial charge in [0, 0.05) is 32.4 Å². The largest absolute Gasteiger partial charge is 0.336 e. The monoisotopic (exact) mass is 421 g/mol. The number of nitrogens with zero attached hydrogens (tertiary/aromatic N) is 3. The number of aromatic nitrogens is 1. The number of carbonyl (C=O) groups is 1. The van der Waals surface area contributed by atoms with Crippen molar-refractivity contribution in [3.05, 3.63) is 58.9 Å². The normalized spacial score (nSPS) is 16.8. The van der Waals surface area contributed by atoms with E-state index in [-0.39, 0.29) is 19.0 Å². The van der Waals surface area contributed by atoms with Gasteiger partial charge in [0.15, 0.2) is 0 Å². The summed E-state index contributed by atoms with van der Waals surface area (Å²) in [6, 6.07) is 10.3. The van der Waals surface area contributed by atoms with E-state index in [2.05, 4.69) is 18.8 Å². The van der Waals surface area contributed by atoms with Gasteiger partial charge >= 0.3 is 0 Å². The van der Waals surface area contributed by atoms with Crippen molar-refractivity contribution in [1.29, 1.82) is 0 Å². The van der Waals surface area contributed by atoms with E-state index in [0.717, 1.165) is 12.0 Å². The third-order valence-corrected chi connectivity index (χ3v) is 7.34. The molecule has 1 atom stereocenters. The molecule has 0 radical (unpaired) electrons. The fraction of sp³-hybridized carbons (Fsp3) is 0.400. The van der Waals surface area contributed by atoms with Crippen LogP contribution in [0.15, 0.2) is 47.5 Å². The second-order valence-corrected chi connectivity index (χ2v) is 9.27. The maximum Gasteiger partial charge on any atom is 0.255 e. The number of carbonyl (C=O) groups excluding carboxylic acids is 1. The molecule has 2 aromatic rings. The smallest absolute Gasteiger partial charge is 0.255 e. The molecule has 28 heavy (non-hydrogen) atoms. The number of amides is 1. The van der Waals surface area contributed by atoms with Crippen LogP contribution in [0, 0.1) is 0 Å². The predicted molar refractivity (Wildman–Crippen MR) is 109 cm³/mol. The van der Waals surface area contributed by atoms with Crippen LogP contribution in [0.2, 0.25) is 5.15 Å². The number of piperazine rings is 1. The number of pyridine rings is 1. The molecule has 1 aliphatic heterocycles. The standard InChI is InChI=1S/C20H24ClN3O3S/c1-3-15(2)16-4-7-18(8-5-16)28(26,27)24-12-10-23(11-13-24)20(25)17-6-9-19(21)22-14-17/h4-9,14-15H,3,10-13H2,1-2H3/t15-/m1/s1. The van der Waals surface area contributed by atoms with Gasteiger partial charge in [-0.2, -0.15) is 4.31 Å². The molecule has 6 nitrogen and oxygen atoms in total. The first-order valence-electron chi connectivity index (χ1n) is 9.34. The number of rotatable bonds is 5. The molecular weight excluding hydrogens is 398 g/mol. The van der Waals surface area contributed by atoms with Crippen molar-refractivity contribution in [3.63, 3.8) is 0 Å². The van der Waals surface area contributed by atoms with Gasteiger partial charge in [0.1, 0.15) is 5.15 Å². The van der Waals surface area contributed by atoms with Crippen molar-refractivity contribution in [2.45, 2.75) is 31.1 Å². The third-order valence-electron chi connectivity index (χ3n) is 5.20. The molecule has 1 aromatic heterocycles. The summed E-state index contributed by atoms with van der Waals surface area (Å²) in [6.45, 7) is 5.44. The second kappa shape index (κ2) is 8.59. The molecule has 0 spiro atoms. The fourth-order valence-electron chi connectivity index (χ4n) is 3.17.